The highest BCUT2D eigenvalue weighted by Crippen LogP contribution is 2.23. The standard InChI is InChI=1S/C16H14N2O2/c1-18-15(14(20-2)10-17-18)16(19)13-8-7-11-5-3-4-6-12(11)9-13/h3-10H,1-2H3. The van der Waals surface area contributed by atoms with Crippen LogP contribution in [0.5, 0.6) is 5.75 Å². The molecule has 0 radical (unpaired) electrons. The van der Waals surface area contributed by atoms with Gasteiger partial charge in [0.05, 0.1) is 13.3 Å². The van der Waals surface area contributed by atoms with Crippen LogP contribution >= 0.6 is 0 Å². The van der Waals surface area contributed by atoms with Gasteiger partial charge in [-0.3, -0.25) is 9.48 Å². The molecule has 0 unspecified atom stereocenters. The molecule has 0 amide bonds. The maximum atomic E-state index is 12.6. The van der Waals surface area contributed by atoms with E-state index in [0.29, 0.717) is 17.0 Å². The fourth-order valence-electron chi connectivity index (χ4n) is 2.29. The van der Waals surface area contributed by atoms with Crippen molar-refractivity contribution in [1.82, 2.24) is 9.78 Å². The summed E-state index contributed by atoms with van der Waals surface area (Å²) in [6.45, 7) is 0. The number of rotatable bonds is 3. The molecule has 0 N–H and O–H groups in total. The minimum Gasteiger partial charge on any atom is -0.493 e. The van der Waals surface area contributed by atoms with Crippen LogP contribution in [0, 0.1) is 0 Å². The van der Waals surface area contributed by atoms with Gasteiger partial charge in [-0.05, 0) is 16.8 Å². The van der Waals surface area contributed by atoms with Gasteiger partial charge in [0.15, 0.2) is 11.4 Å². The number of benzene rings is 2. The molecule has 0 aliphatic heterocycles. The van der Waals surface area contributed by atoms with Crippen LogP contribution in [-0.2, 0) is 7.05 Å². The van der Waals surface area contributed by atoms with Crippen molar-refractivity contribution < 1.29 is 9.53 Å². The minimum absolute atomic E-state index is 0.0902. The predicted octanol–water partition coefficient (Wildman–Crippen LogP) is 2.81. The van der Waals surface area contributed by atoms with Gasteiger partial charge in [0.1, 0.15) is 0 Å². The molecule has 4 nitrogen and oxygen atoms in total. The molecule has 1 aromatic heterocycles. The third-order valence-electron chi connectivity index (χ3n) is 3.35. The Morgan fingerprint density at radius 1 is 1.15 bits per heavy atom. The van der Waals surface area contributed by atoms with Gasteiger partial charge in [-0.25, -0.2) is 0 Å². The maximum Gasteiger partial charge on any atom is 0.214 e. The van der Waals surface area contributed by atoms with Gasteiger partial charge >= 0.3 is 0 Å². The molecule has 1 heterocycles. The van der Waals surface area contributed by atoms with Gasteiger partial charge in [-0.1, -0.05) is 36.4 Å². The summed E-state index contributed by atoms with van der Waals surface area (Å²) in [5.41, 5.74) is 1.09. The van der Waals surface area contributed by atoms with Crippen molar-refractivity contribution in [3.8, 4) is 5.75 Å². The zero-order valence-corrected chi connectivity index (χ0v) is 11.3. The molecule has 20 heavy (non-hydrogen) atoms. The molecule has 0 spiro atoms. The summed E-state index contributed by atoms with van der Waals surface area (Å²) in [5.74, 6) is 0.401. The van der Waals surface area contributed by atoms with Crippen molar-refractivity contribution in [2.45, 2.75) is 0 Å². The zero-order chi connectivity index (χ0) is 14.1. The first-order chi connectivity index (χ1) is 9.70. The number of methoxy groups -OCH3 is 1. The molecule has 0 aliphatic rings. The Morgan fingerprint density at radius 3 is 2.65 bits per heavy atom. The van der Waals surface area contributed by atoms with E-state index in [1.165, 1.54) is 11.8 Å². The highest BCUT2D eigenvalue weighted by molar-refractivity contribution is 6.11. The molecule has 100 valence electrons. The lowest BCUT2D eigenvalue weighted by Gasteiger charge is -2.06. The fraction of sp³-hybridized carbons (Fsp3) is 0.125. The number of fused-ring (bicyclic) bond motifs is 1. The lowest BCUT2D eigenvalue weighted by molar-refractivity contribution is 0.102. The average Bonchev–Trinajstić information content (AvgIpc) is 2.87. The molecule has 0 saturated heterocycles. The third-order valence-corrected chi connectivity index (χ3v) is 3.35. The van der Waals surface area contributed by atoms with Crippen LogP contribution in [0.15, 0.2) is 48.7 Å². The van der Waals surface area contributed by atoms with E-state index in [-0.39, 0.29) is 5.78 Å². The summed E-state index contributed by atoms with van der Waals surface area (Å²) in [6.07, 6.45) is 1.55. The van der Waals surface area contributed by atoms with Crippen LogP contribution in [0.25, 0.3) is 10.8 Å². The van der Waals surface area contributed by atoms with Crippen molar-refractivity contribution >= 4 is 16.6 Å². The molecule has 2 aromatic carbocycles. The van der Waals surface area contributed by atoms with Crippen LogP contribution in [0.3, 0.4) is 0 Å². The number of carbonyl (C=O) groups excluding carboxylic acids is 1. The van der Waals surface area contributed by atoms with E-state index in [1.807, 2.05) is 42.5 Å². The number of aryl methyl sites for hydroxylation is 1. The smallest absolute Gasteiger partial charge is 0.214 e. The molecule has 0 fully saturated rings. The zero-order valence-electron chi connectivity index (χ0n) is 11.3. The van der Waals surface area contributed by atoms with E-state index in [0.717, 1.165) is 10.8 Å². The number of hydrogen-bond acceptors (Lipinski definition) is 3. The molecule has 0 aliphatic carbocycles. The largest absolute Gasteiger partial charge is 0.493 e. The molecule has 4 heteroatoms. The maximum absolute atomic E-state index is 12.6. The quantitative estimate of drug-likeness (QED) is 0.685. The van der Waals surface area contributed by atoms with Gasteiger partial charge in [0, 0.05) is 12.6 Å². The van der Waals surface area contributed by atoms with E-state index in [1.54, 1.807) is 13.2 Å². The van der Waals surface area contributed by atoms with Crippen molar-refractivity contribution in [1.29, 1.82) is 0 Å². The summed E-state index contributed by atoms with van der Waals surface area (Å²) >= 11 is 0. The fourth-order valence-corrected chi connectivity index (χ4v) is 2.29. The first kappa shape index (κ1) is 12.4. The number of ether oxygens (including phenoxy) is 1. The van der Waals surface area contributed by atoms with Crippen LogP contribution in [-0.4, -0.2) is 22.7 Å². The summed E-state index contributed by atoms with van der Waals surface area (Å²) in [4.78, 5) is 12.6. The molecule has 3 rings (SSSR count). The summed E-state index contributed by atoms with van der Waals surface area (Å²) in [7, 11) is 3.27. The summed E-state index contributed by atoms with van der Waals surface area (Å²) < 4.78 is 6.73. The second kappa shape index (κ2) is 4.81. The highest BCUT2D eigenvalue weighted by atomic mass is 16.5. The van der Waals surface area contributed by atoms with E-state index in [9.17, 15) is 4.79 Å². The van der Waals surface area contributed by atoms with Gasteiger partial charge in [-0.2, -0.15) is 5.10 Å². The van der Waals surface area contributed by atoms with E-state index in [4.69, 9.17) is 4.74 Å². The van der Waals surface area contributed by atoms with Crippen LogP contribution < -0.4 is 4.74 Å². The Kier molecular flexibility index (Phi) is 2.99. The number of carbonyl (C=O) groups is 1. The van der Waals surface area contributed by atoms with E-state index < -0.39 is 0 Å². The molecule has 0 saturated carbocycles. The Balaban J connectivity index is 2.10. The SMILES string of the molecule is COc1cnn(C)c1C(=O)c1ccc2ccccc2c1. The van der Waals surface area contributed by atoms with Crippen molar-refractivity contribution in [2.24, 2.45) is 7.05 Å². The topological polar surface area (TPSA) is 44.1 Å². The Hall–Kier alpha value is -2.62. The number of ketones is 1. The van der Waals surface area contributed by atoms with Crippen LogP contribution in [0.2, 0.25) is 0 Å². The van der Waals surface area contributed by atoms with Crippen LogP contribution in [0.4, 0.5) is 0 Å². The van der Waals surface area contributed by atoms with Crippen molar-refractivity contribution in [3.05, 3.63) is 59.9 Å². The number of nitrogens with zero attached hydrogens (tertiary/aromatic N) is 2. The van der Waals surface area contributed by atoms with Crippen molar-refractivity contribution in [3.63, 3.8) is 0 Å². The Bertz CT molecular complexity index is 790. The van der Waals surface area contributed by atoms with Gasteiger partial charge in [0.2, 0.25) is 5.78 Å². The first-order valence-corrected chi connectivity index (χ1v) is 6.30. The normalized spacial score (nSPS) is 10.7. The second-order valence-corrected chi connectivity index (χ2v) is 4.58. The molecular weight excluding hydrogens is 252 g/mol. The lowest BCUT2D eigenvalue weighted by Crippen LogP contribution is -2.09. The molecular formula is C16H14N2O2. The molecule has 0 bridgehead atoms. The molecule has 3 aromatic rings. The minimum atomic E-state index is -0.0902. The van der Waals surface area contributed by atoms with E-state index in [2.05, 4.69) is 5.10 Å². The summed E-state index contributed by atoms with van der Waals surface area (Å²) in [5, 5.41) is 6.22. The van der Waals surface area contributed by atoms with Gasteiger partial charge < -0.3 is 4.74 Å². The van der Waals surface area contributed by atoms with Crippen LogP contribution in [0.1, 0.15) is 16.1 Å². The lowest BCUT2D eigenvalue weighted by atomic mass is 10.0. The third kappa shape index (κ3) is 1.95. The monoisotopic (exact) mass is 266 g/mol. The number of hydrogen-bond donors (Lipinski definition) is 0. The van der Waals surface area contributed by atoms with E-state index >= 15 is 0 Å². The second-order valence-electron chi connectivity index (χ2n) is 4.58. The van der Waals surface area contributed by atoms with Gasteiger partial charge in [0.25, 0.3) is 0 Å². The first-order valence-electron chi connectivity index (χ1n) is 6.30. The Labute approximate surface area is 116 Å². The summed E-state index contributed by atoms with van der Waals surface area (Å²) in [6, 6.07) is 13.6. The predicted molar refractivity (Wildman–Crippen MR) is 77.1 cm³/mol. The molecule has 0 atom stereocenters. The number of aromatic nitrogens is 2. The highest BCUT2D eigenvalue weighted by Gasteiger charge is 2.19. The van der Waals surface area contributed by atoms with Gasteiger partial charge in [-0.15, -0.1) is 0 Å². The Morgan fingerprint density at radius 2 is 1.90 bits per heavy atom. The average molecular weight is 266 g/mol. The van der Waals surface area contributed by atoms with Crippen molar-refractivity contribution in [2.75, 3.05) is 7.11 Å².